The van der Waals surface area contributed by atoms with Crippen molar-refractivity contribution in [1.82, 2.24) is 0 Å². The highest BCUT2D eigenvalue weighted by atomic mass is 16.5. The fourth-order valence-electron chi connectivity index (χ4n) is 1.25. The molecule has 0 aromatic heterocycles. The predicted molar refractivity (Wildman–Crippen MR) is 63.4 cm³/mol. The Morgan fingerprint density at radius 2 is 2.31 bits per heavy atom. The summed E-state index contributed by atoms with van der Waals surface area (Å²) in [5, 5.41) is 8.64. The van der Waals surface area contributed by atoms with E-state index in [0.717, 1.165) is 5.56 Å². The van der Waals surface area contributed by atoms with E-state index in [2.05, 4.69) is 6.58 Å². The summed E-state index contributed by atoms with van der Waals surface area (Å²) in [6.45, 7) is 5.74. The summed E-state index contributed by atoms with van der Waals surface area (Å²) in [5.41, 5.74) is 1.53. The molecular formula is C13H14O3. The number of hydrogen-bond acceptors (Lipinski definition) is 2. The average molecular weight is 218 g/mol. The smallest absolute Gasteiger partial charge is 0.328 e. The number of rotatable bonds is 5. The summed E-state index contributed by atoms with van der Waals surface area (Å²) in [7, 11) is 0. The molecule has 0 saturated heterocycles. The van der Waals surface area contributed by atoms with Crippen molar-refractivity contribution in [2.75, 3.05) is 6.61 Å². The Bertz CT molecular complexity index is 419. The maximum Gasteiger partial charge on any atom is 0.328 e. The number of carbonyl (C=O) groups is 1. The van der Waals surface area contributed by atoms with Crippen LogP contribution in [0, 0.1) is 0 Å². The van der Waals surface area contributed by atoms with Crippen LogP contribution >= 0.6 is 0 Å². The predicted octanol–water partition coefficient (Wildman–Crippen LogP) is 2.74. The van der Waals surface area contributed by atoms with Crippen LogP contribution in [0.3, 0.4) is 0 Å². The Morgan fingerprint density at radius 1 is 1.56 bits per heavy atom. The Hall–Kier alpha value is -2.03. The van der Waals surface area contributed by atoms with E-state index in [-0.39, 0.29) is 0 Å². The van der Waals surface area contributed by atoms with Gasteiger partial charge in [-0.25, -0.2) is 4.79 Å². The Balaban J connectivity index is 2.89. The molecular weight excluding hydrogens is 204 g/mol. The van der Waals surface area contributed by atoms with Crippen molar-refractivity contribution in [1.29, 1.82) is 0 Å². The highest BCUT2D eigenvalue weighted by Gasteiger charge is 2.00. The van der Waals surface area contributed by atoms with E-state index in [1.54, 1.807) is 19.1 Å². The monoisotopic (exact) mass is 218 g/mol. The number of hydrogen-bond donors (Lipinski definition) is 1. The first-order valence-corrected chi connectivity index (χ1v) is 4.89. The van der Waals surface area contributed by atoms with Crippen LogP contribution in [0.1, 0.15) is 12.5 Å². The molecule has 1 aromatic carbocycles. The molecule has 1 rings (SSSR count). The van der Waals surface area contributed by atoms with Crippen molar-refractivity contribution < 1.29 is 14.6 Å². The molecule has 0 saturated carbocycles. The zero-order valence-electron chi connectivity index (χ0n) is 9.14. The summed E-state index contributed by atoms with van der Waals surface area (Å²) in [4.78, 5) is 10.5. The van der Waals surface area contributed by atoms with Crippen molar-refractivity contribution >= 4 is 11.5 Å². The van der Waals surface area contributed by atoms with Gasteiger partial charge < -0.3 is 9.84 Å². The van der Waals surface area contributed by atoms with Gasteiger partial charge in [0.25, 0.3) is 0 Å². The first-order valence-electron chi connectivity index (χ1n) is 4.89. The van der Waals surface area contributed by atoms with Gasteiger partial charge in [-0.05, 0) is 30.2 Å². The van der Waals surface area contributed by atoms with Gasteiger partial charge in [0, 0.05) is 6.08 Å². The topological polar surface area (TPSA) is 46.5 Å². The molecule has 1 aromatic rings. The SMILES string of the molecule is C=CCOc1cccc(/C(C)=C/C(=O)O)c1. The molecule has 0 amide bonds. The van der Waals surface area contributed by atoms with Crippen molar-refractivity contribution in [3.8, 4) is 5.75 Å². The van der Waals surface area contributed by atoms with Crippen molar-refractivity contribution in [3.05, 3.63) is 48.6 Å². The van der Waals surface area contributed by atoms with Gasteiger partial charge in [-0.1, -0.05) is 24.8 Å². The summed E-state index contributed by atoms with van der Waals surface area (Å²) in [5.74, 6) is -0.245. The second-order valence-corrected chi connectivity index (χ2v) is 3.29. The fourth-order valence-corrected chi connectivity index (χ4v) is 1.25. The van der Waals surface area contributed by atoms with Crippen molar-refractivity contribution in [2.45, 2.75) is 6.92 Å². The number of ether oxygens (including phenoxy) is 1. The Morgan fingerprint density at radius 3 is 2.94 bits per heavy atom. The van der Waals surface area contributed by atoms with Crippen LogP contribution in [0.2, 0.25) is 0 Å². The minimum absolute atomic E-state index is 0.436. The maximum absolute atomic E-state index is 10.5. The lowest BCUT2D eigenvalue weighted by Crippen LogP contribution is -1.94. The van der Waals surface area contributed by atoms with Gasteiger partial charge in [0.2, 0.25) is 0 Å². The van der Waals surface area contributed by atoms with Crippen LogP contribution in [-0.4, -0.2) is 17.7 Å². The van der Waals surface area contributed by atoms with E-state index >= 15 is 0 Å². The molecule has 0 radical (unpaired) electrons. The number of carboxylic acid groups (broad SMARTS) is 1. The number of allylic oxidation sites excluding steroid dienone is 1. The third-order valence-corrected chi connectivity index (χ3v) is 2.00. The van der Waals surface area contributed by atoms with Crippen LogP contribution in [0.15, 0.2) is 43.0 Å². The van der Waals surface area contributed by atoms with Crippen LogP contribution in [0.25, 0.3) is 5.57 Å². The fraction of sp³-hybridized carbons (Fsp3) is 0.154. The largest absolute Gasteiger partial charge is 0.490 e. The molecule has 0 spiro atoms. The first kappa shape index (κ1) is 12.0. The molecule has 3 heteroatoms. The molecule has 1 N–H and O–H groups in total. The summed E-state index contributed by atoms with van der Waals surface area (Å²) in [6, 6.07) is 7.29. The number of benzene rings is 1. The van der Waals surface area contributed by atoms with Gasteiger partial charge in [0.05, 0.1) is 0 Å². The number of carboxylic acids is 1. The normalized spacial score (nSPS) is 10.9. The molecule has 0 bridgehead atoms. The molecule has 3 nitrogen and oxygen atoms in total. The second kappa shape index (κ2) is 5.75. The highest BCUT2D eigenvalue weighted by molar-refractivity contribution is 5.89. The molecule has 16 heavy (non-hydrogen) atoms. The minimum atomic E-state index is -0.949. The second-order valence-electron chi connectivity index (χ2n) is 3.29. The third kappa shape index (κ3) is 3.61. The molecule has 0 atom stereocenters. The minimum Gasteiger partial charge on any atom is -0.490 e. The van der Waals surface area contributed by atoms with Gasteiger partial charge in [0.15, 0.2) is 0 Å². The lowest BCUT2D eigenvalue weighted by molar-refractivity contribution is -0.131. The Labute approximate surface area is 94.7 Å². The van der Waals surface area contributed by atoms with Gasteiger partial charge in [0.1, 0.15) is 12.4 Å². The lowest BCUT2D eigenvalue weighted by atomic mass is 10.1. The molecule has 0 aliphatic rings. The van der Waals surface area contributed by atoms with E-state index in [1.165, 1.54) is 6.08 Å². The van der Waals surface area contributed by atoms with E-state index in [0.29, 0.717) is 17.9 Å². The van der Waals surface area contributed by atoms with Crippen molar-refractivity contribution in [2.24, 2.45) is 0 Å². The quantitative estimate of drug-likeness (QED) is 0.610. The summed E-state index contributed by atoms with van der Waals surface area (Å²) < 4.78 is 5.36. The number of aliphatic carboxylic acids is 1. The van der Waals surface area contributed by atoms with E-state index in [1.807, 2.05) is 18.2 Å². The summed E-state index contributed by atoms with van der Waals surface area (Å²) in [6.07, 6.45) is 2.83. The van der Waals surface area contributed by atoms with Crippen LogP contribution in [0.5, 0.6) is 5.75 Å². The lowest BCUT2D eigenvalue weighted by Gasteiger charge is -2.06. The Kier molecular flexibility index (Phi) is 4.33. The van der Waals surface area contributed by atoms with Gasteiger partial charge in [-0.15, -0.1) is 0 Å². The molecule has 0 fully saturated rings. The van der Waals surface area contributed by atoms with Gasteiger partial charge in [-0.3, -0.25) is 0 Å². The van der Waals surface area contributed by atoms with Crippen LogP contribution in [-0.2, 0) is 4.79 Å². The molecule has 0 aliphatic carbocycles. The van der Waals surface area contributed by atoms with Crippen molar-refractivity contribution in [3.63, 3.8) is 0 Å². The molecule has 0 heterocycles. The summed E-state index contributed by atoms with van der Waals surface area (Å²) >= 11 is 0. The first-order chi connectivity index (χ1) is 7.63. The highest BCUT2D eigenvalue weighted by Crippen LogP contribution is 2.19. The third-order valence-electron chi connectivity index (χ3n) is 2.00. The molecule has 0 aliphatic heterocycles. The van der Waals surface area contributed by atoms with Crippen LogP contribution in [0.4, 0.5) is 0 Å². The van der Waals surface area contributed by atoms with Gasteiger partial charge in [-0.2, -0.15) is 0 Å². The van der Waals surface area contributed by atoms with Gasteiger partial charge >= 0.3 is 5.97 Å². The van der Waals surface area contributed by atoms with E-state index in [9.17, 15) is 4.79 Å². The average Bonchev–Trinajstić information content (AvgIpc) is 2.26. The molecule has 0 unspecified atom stereocenters. The standard InChI is InChI=1S/C13H14O3/c1-3-7-16-12-6-4-5-11(9-12)10(2)8-13(14)15/h3-6,8-9H,1,7H2,2H3,(H,14,15)/b10-8+. The van der Waals surface area contributed by atoms with Crippen LogP contribution < -0.4 is 4.74 Å². The zero-order chi connectivity index (χ0) is 12.0. The maximum atomic E-state index is 10.5. The zero-order valence-corrected chi connectivity index (χ0v) is 9.14. The van der Waals surface area contributed by atoms with E-state index in [4.69, 9.17) is 9.84 Å². The molecule has 84 valence electrons. The van der Waals surface area contributed by atoms with E-state index < -0.39 is 5.97 Å².